The van der Waals surface area contributed by atoms with E-state index in [-0.39, 0.29) is 11.7 Å². The number of carbonyl (C=O) groups excluding carboxylic acids is 1. The molecular formula is C15H16FNO2S. The Morgan fingerprint density at radius 2 is 2.25 bits per heavy atom. The highest BCUT2D eigenvalue weighted by Gasteiger charge is 2.07. The van der Waals surface area contributed by atoms with Gasteiger partial charge < -0.3 is 10.1 Å². The van der Waals surface area contributed by atoms with Gasteiger partial charge in [-0.1, -0.05) is 12.1 Å². The highest BCUT2D eigenvalue weighted by molar-refractivity contribution is 7.10. The van der Waals surface area contributed by atoms with E-state index in [2.05, 4.69) is 5.32 Å². The Bertz CT molecular complexity index is 569. The SMILES string of the molecule is CCOc1ccc(CNC(=O)Cc2cccs2)cc1F. The summed E-state index contributed by atoms with van der Waals surface area (Å²) in [6, 6.07) is 8.55. The van der Waals surface area contributed by atoms with Crippen molar-refractivity contribution in [3.8, 4) is 5.75 Å². The number of halogens is 1. The molecule has 1 amide bonds. The second kappa shape index (κ2) is 7.05. The normalized spacial score (nSPS) is 10.3. The Balaban J connectivity index is 1.87. The summed E-state index contributed by atoms with van der Waals surface area (Å²) in [5, 5.41) is 4.71. The van der Waals surface area contributed by atoms with Gasteiger partial charge in [-0.05, 0) is 36.1 Å². The Hall–Kier alpha value is -1.88. The van der Waals surface area contributed by atoms with Crippen LogP contribution in [0.15, 0.2) is 35.7 Å². The summed E-state index contributed by atoms with van der Waals surface area (Å²) in [6.45, 7) is 2.54. The number of nitrogens with one attached hydrogen (secondary N) is 1. The smallest absolute Gasteiger partial charge is 0.225 e. The average molecular weight is 293 g/mol. The predicted molar refractivity (Wildman–Crippen MR) is 77.4 cm³/mol. The predicted octanol–water partition coefficient (Wildman–Crippen LogP) is 3.14. The third-order valence-corrected chi connectivity index (χ3v) is 3.58. The molecule has 1 aromatic heterocycles. The van der Waals surface area contributed by atoms with E-state index < -0.39 is 5.82 Å². The highest BCUT2D eigenvalue weighted by atomic mass is 32.1. The van der Waals surface area contributed by atoms with Gasteiger partial charge >= 0.3 is 0 Å². The Morgan fingerprint density at radius 3 is 2.90 bits per heavy atom. The molecule has 0 spiro atoms. The highest BCUT2D eigenvalue weighted by Crippen LogP contribution is 2.18. The lowest BCUT2D eigenvalue weighted by Crippen LogP contribution is -2.24. The molecule has 0 saturated carbocycles. The maximum absolute atomic E-state index is 13.6. The van der Waals surface area contributed by atoms with E-state index in [4.69, 9.17) is 4.74 Å². The summed E-state index contributed by atoms with van der Waals surface area (Å²) < 4.78 is 18.8. The number of thiophene rings is 1. The van der Waals surface area contributed by atoms with Crippen molar-refractivity contribution < 1.29 is 13.9 Å². The third-order valence-electron chi connectivity index (χ3n) is 2.70. The molecule has 0 saturated heterocycles. The molecular weight excluding hydrogens is 277 g/mol. The van der Waals surface area contributed by atoms with Gasteiger partial charge in [0.2, 0.25) is 5.91 Å². The minimum Gasteiger partial charge on any atom is -0.491 e. The lowest BCUT2D eigenvalue weighted by Gasteiger charge is -2.08. The van der Waals surface area contributed by atoms with Crippen LogP contribution >= 0.6 is 11.3 Å². The van der Waals surface area contributed by atoms with Crippen LogP contribution in [-0.2, 0) is 17.8 Å². The number of hydrogen-bond donors (Lipinski definition) is 1. The largest absolute Gasteiger partial charge is 0.491 e. The molecule has 1 aromatic carbocycles. The molecule has 0 radical (unpaired) electrons. The Labute approximate surface area is 121 Å². The van der Waals surface area contributed by atoms with Gasteiger partial charge in [-0.15, -0.1) is 11.3 Å². The van der Waals surface area contributed by atoms with Crippen LogP contribution in [0.5, 0.6) is 5.75 Å². The fourth-order valence-corrected chi connectivity index (χ4v) is 2.46. The molecule has 0 unspecified atom stereocenters. The number of rotatable bonds is 6. The van der Waals surface area contributed by atoms with Crippen LogP contribution < -0.4 is 10.1 Å². The summed E-state index contributed by atoms with van der Waals surface area (Å²) in [6.07, 6.45) is 0.358. The summed E-state index contributed by atoms with van der Waals surface area (Å²) >= 11 is 1.55. The van der Waals surface area contributed by atoms with Crippen LogP contribution in [-0.4, -0.2) is 12.5 Å². The van der Waals surface area contributed by atoms with Gasteiger partial charge in [0.1, 0.15) is 0 Å². The Morgan fingerprint density at radius 1 is 1.40 bits per heavy atom. The van der Waals surface area contributed by atoms with E-state index in [0.717, 1.165) is 4.88 Å². The van der Waals surface area contributed by atoms with Crippen LogP contribution in [0.1, 0.15) is 17.4 Å². The van der Waals surface area contributed by atoms with Crippen molar-refractivity contribution in [2.24, 2.45) is 0 Å². The quantitative estimate of drug-likeness (QED) is 0.888. The Kier molecular flexibility index (Phi) is 5.12. The molecule has 2 rings (SSSR count). The fourth-order valence-electron chi connectivity index (χ4n) is 1.76. The number of ether oxygens (including phenoxy) is 1. The third kappa shape index (κ3) is 4.06. The molecule has 0 aliphatic heterocycles. The summed E-state index contributed by atoms with van der Waals surface area (Å²) in [5.41, 5.74) is 0.713. The van der Waals surface area contributed by atoms with E-state index >= 15 is 0 Å². The van der Waals surface area contributed by atoms with Gasteiger partial charge in [-0.25, -0.2) is 4.39 Å². The zero-order valence-corrected chi connectivity index (χ0v) is 12.0. The monoisotopic (exact) mass is 293 g/mol. The molecule has 1 heterocycles. The van der Waals surface area contributed by atoms with E-state index in [1.165, 1.54) is 6.07 Å². The first kappa shape index (κ1) is 14.5. The number of amides is 1. The maximum Gasteiger partial charge on any atom is 0.225 e. The topological polar surface area (TPSA) is 38.3 Å². The van der Waals surface area contributed by atoms with Gasteiger partial charge in [0, 0.05) is 11.4 Å². The number of hydrogen-bond acceptors (Lipinski definition) is 3. The molecule has 0 aliphatic rings. The number of benzene rings is 1. The second-order valence-electron chi connectivity index (χ2n) is 4.23. The standard InChI is InChI=1S/C15H16FNO2S/c1-2-19-14-6-5-11(8-13(14)16)10-17-15(18)9-12-4-3-7-20-12/h3-8H,2,9-10H2,1H3,(H,17,18). The molecule has 1 N–H and O–H groups in total. The molecule has 5 heteroatoms. The molecule has 2 aromatic rings. The second-order valence-corrected chi connectivity index (χ2v) is 5.26. The van der Waals surface area contributed by atoms with Crippen LogP contribution in [0.25, 0.3) is 0 Å². The number of carbonyl (C=O) groups is 1. The molecule has 106 valence electrons. The molecule has 20 heavy (non-hydrogen) atoms. The average Bonchev–Trinajstić information content (AvgIpc) is 2.92. The summed E-state index contributed by atoms with van der Waals surface area (Å²) in [4.78, 5) is 12.7. The van der Waals surface area contributed by atoms with Crippen LogP contribution in [0, 0.1) is 5.82 Å². The molecule has 0 aliphatic carbocycles. The maximum atomic E-state index is 13.6. The first-order chi connectivity index (χ1) is 9.69. The van der Waals surface area contributed by atoms with Crippen molar-refractivity contribution in [2.75, 3.05) is 6.61 Å². The fraction of sp³-hybridized carbons (Fsp3) is 0.267. The van der Waals surface area contributed by atoms with Gasteiger partial charge in [-0.2, -0.15) is 0 Å². The van der Waals surface area contributed by atoms with Crippen molar-refractivity contribution in [3.05, 3.63) is 52.0 Å². The van der Waals surface area contributed by atoms with Crippen molar-refractivity contribution in [1.82, 2.24) is 5.32 Å². The summed E-state index contributed by atoms with van der Waals surface area (Å²) in [7, 11) is 0. The first-order valence-corrected chi connectivity index (χ1v) is 7.27. The minimum atomic E-state index is -0.406. The van der Waals surface area contributed by atoms with Gasteiger partial charge in [-0.3, -0.25) is 4.79 Å². The van der Waals surface area contributed by atoms with Crippen LogP contribution in [0.4, 0.5) is 4.39 Å². The zero-order valence-electron chi connectivity index (χ0n) is 11.2. The molecule has 0 atom stereocenters. The van der Waals surface area contributed by atoms with Crippen molar-refractivity contribution in [2.45, 2.75) is 19.9 Å². The van der Waals surface area contributed by atoms with E-state index in [1.54, 1.807) is 30.4 Å². The zero-order chi connectivity index (χ0) is 14.4. The lowest BCUT2D eigenvalue weighted by atomic mass is 10.2. The van der Waals surface area contributed by atoms with E-state index in [9.17, 15) is 9.18 Å². The van der Waals surface area contributed by atoms with E-state index in [1.807, 2.05) is 17.5 Å². The van der Waals surface area contributed by atoms with Gasteiger partial charge in [0.25, 0.3) is 0 Å². The molecule has 0 bridgehead atoms. The van der Waals surface area contributed by atoms with Gasteiger partial charge in [0.15, 0.2) is 11.6 Å². The lowest BCUT2D eigenvalue weighted by molar-refractivity contribution is -0.120. The minimum absolute atomic E-state index is 0.0678. The van der Waals surface area contributed by atoms with Crippen molar-refractivity contribution in [3.63, 3.8) is 0 Å². The van der Waals surface area contributed by atoms with Crippen molar-refractivity contribution >= 4 is 17.2 Å². The summed E-state index contributed by atoms with van der Waals surface area (Å²) in [5.74, 6) is -0.236. The first-order valence-electron chi connectivity index (χ1n) is 6.39. The molecule has 0 fully saturated rings. The van der Waals surface area contributed by atoms with Crippen molar-refractivity contribution in [1.29, 1.82) is 0 Å². The van der Waals surface area contributed by atoms with E-state index in [0.29, 0.717) is 25.1 Å². The molecule has 3 nitrogen and oxygen atoms in total. The van der Waals surface area contributed by atoms with Gasteiger partial charge in [0.05, 0.1) is 13.0 Å². The van der Waals surface area contributed by atoms with Crippen LogP contribution in [0.3, 0.4) is 0 Å². The van der Waals surface area contributed by atoms with Crippen LogP contribution in [0.2, 0.25) is 0 Å².